The van der Waals surface area contributed by atoms with Gasteiger partial charge in [-0.15, -0.1) is 0 Å². The molecule has 0 bridgehead atoms. The molecule has 0 spiro atoms. The van der Waals surface area contributed by atoms with E-state index in [9.17, 15) is 9.59 Å². The number of fused-ring (bicyclic) bond motifs is 1. The van der Waals surface area contributed by atoms with Gasteiger partial charge in [0.15, 0.2) is 18.1 Å². The average molecular weight is 369 g/mol. The number of methoxy groups -OCH3 is 1. The first-order valence-corrected chi connectivity index (χ1v) is 8.32. The molecule has 0 aromatic heterocycles. The first-order valence-electron chi connectivity index (χ1n) is 8.32. The van der Waals surface area contributed by atoms with Gasteiger partial charge in [-0.2, -0.15) is 0 Å². The van der Waals surface area contributed by atoms with E-state index in [0.29, 0.717) is 30.4 Å². The van der Waals surface area contributed by atoms with Crippen LogP contribution in [0.4, 0.5) is 5.69 Å². The summed E-state index contributed by atoms with van der Waals surface area (Å²) in [6.45, 7) is 0.571. The zero-order valence-corrected chi connectivity index (χ0v) is 14.8. The number of hydrogen-bond acceptors (Lipinski definition) is 6. The number of carbonyl (C=O) groups excluding carboxylic acids is 2. The summed E-state index contributed by atoms with van der Waals surface area (Å²) in [5.41, 5.74) is 1.35. The maximum absolute atomic E-state index is 11.9. The molecule has 7 heteroatoms. The number of anilines is 1. The number of hydrogen-bond donors (Lipinski definition) is 1. The van der Waals surface area contributed by atoms with Gasteiger partial charge in [-0.3, -0.25) is 4.79 Å². The van der Waals surface area contributed by atoms with E-state index >= 15 is 0 Å². The molecule has 0 fully saturated rings. The van der Waals surface area contributed by atoms with Crippen molar-refractivity contribution in [3.05, 3.63) is 54.1 Å². The van der Waals surface area contributed by atoms with E-state index in [1.165, 1.54) is 6.08 Å². The van der Waals surface area contributed by atoms with Crippen molar-refractivity contribution in [1.82, 2.24) is 0 Å². The van der Waals surface area contributed by atoms with Crippen LogP contribution in [0.15, 0.2) is 48.5 Å². The van der Waals surface area contributed by atoms with Crippen molar-refractivity contribution in [3.8, 4) is 17.2 Å². The van der Waals surface area contributed by atoms with Crippen molar-refractivity contribution >= 4 is 23.6 Å². The largest absolute Gasteiger partial charge is 0.497 e. The SMILES string of the molecule is COc1ccc(/C=C/C(=O)OCC(=O)Nc2ccc3c(c2)OCCO3)cc1. The zero-order valence-electron chi connectivity index (χ0n) is 14.8. The Kier molecular flexibility index (Phi) is 5.94. The van der Waals surface area contributed by atoms with Gasteiger partial charge in [0.05, 0.1) is 7.11 Å². The molecule has 2 aromatic carbocycles. The van der Waals surface area contributed by atoms with E-state index in [0.717, 1.165) is 11.3 Å². The minimum Gasteiger partial charge on any atom is -0.497 e. The van der Waals surface area contributed by atoms with E-state index < -0.39 is 11.9 Å². The van der Waals surface area contributed by atoms with Crippen LogP contribution in [0, 0.1) is 0 Å². The third-order valence-electron chi connectivity index (χ3n) is 3.70. The molecule has 7 nitrogen and oxygen atoms in total. The van der Waals surface area contributed by atoms with Crippen LogP contribution >= 0.6 is 0 Å². The second-order valence-electron chi connectivity index (χ2n) is 5.62. The maximum Gasteiger partial charge on any atom is 0.331 e. The van der Waals surface area contributed by atoms with Crippen LogP contribution in [0.5, 0.6) is 17.2 Å². The highest BCUT2D eigenvalue weighted by atomic mass is 16.6. The van der Waals surface area contributed by atoms with Gasteiger partial charge in [0, 0.05) is 17.8 Å². The van der Waals surface area contributed by atoms with Crippen molar-refractivity contribution in [1.29, 1.82) is 0 Å². The van der Waals surface area contributed by atoms with Crippen LogP contribution in [0.1, 0.15) is 5.56 Å². The summed E-state index contributed by atoms with van der Waals surface area (Å²) in [4.78, 5) is 23.7. The van der Waals surface area contributed by atoms with Crippen LogP contribution in [-0.4, -0.2) is 38.8 Å². The molecule has 0 unspecified atom stereocenters. The van der Waals surface area contributed by atoms with Crippen molar-refractivity contribution in [2.24, 2.45) is 0 Å². The summed E-state index contributed by atoms with van der Waals surface area (Å²) in [6.07, 6.45) is 2.86. The fraction of sp³-hybridized carbons (Fsp3) is 0.200. The van der Waals surface area contributed by atoms with E-state index in [1.54, 1.807) is 55.7 Å². The minimum absolute atomic E-state index is 0.389. The van der Waals surface area contributed by atoms with Crippen LogP contribution < -0.4 is 19.5 Å². The predicted molar refractivity (Wildman–Crippen MR) is 99.0 cm³/mol. The Labute approximate surface area is 156 Å². The van der Waals surface area contributed by atoms with E-state index in [1.807, 2.05) is 0 Å². The highest BCUT2D eigenvalue weighted by Gasteiger charge is 2.13. The van der Waals surface area contributed by atoms with Gasteiger partial charge in [-0.05, 0) is 35.9 Å². The molecular weight excluding hydrogens is 350 g/mol. The Hall–Kier alpha value is -3.48. The van der Waals surface area contributed by atoms with Crippen LogP contribution in [0.2, 0.25) is 0 Å². The normalized spacial score (nSPS) is 12.5. The molecule has 0 saturated carbocycles. The molecule has 1 aliphatic heterocycles. The van der Waals surface area contributed by atoms with Crippen molar-refractivity contribution in [2.75, 3.05) is 32.2 Å². The standard InChI is InChI=1S/C20H19NO6/c1-24-16-6-2-14(3-7-16)4-9-20(23)27-13-19(22)21-15-5-8-17-18(12-15)26-11-10-25-17/h2-9,12H,10-11,13H2,1H3,(H,21,22)/b9-4+. The quantitative estimate of drug-likeness (QED) is 0.623. The number of rotatable bonds is 6. The molecule has 1 heterocycles. The van der Waals surface area contributed by atoms with E-state index in [4.69, 9.17) is 18.9 Å². The summed E-state index contributed by atoms with van der Waals surface area (Å²) in [5, 5.41) is 2.64. The summed E-state index contributed by atoms with van der Waals surface area (Å²) in [6, 6.07) is 12.2. The molecular formula is C20H19NO6. The van der Waals surface area contributed by atoms with Gasteiger partial charge >= 0.3 is 5.97 Å². The summed E-state index contributed by atoms with van der Waals surface area (Å²) >= 11 is 0. The number of esters is 1. The first kappa shape index (κ1) is 18.3. The maximum atomic E-state index is 11.9. The van der Waals surface area contributed by atoms with E-state index in [-0.39, 0.29) is 6.61 Å². The predicted octanol–water partition coefficient (Wildman–Crippen LogP) is 2.66. The third-order valence-corrected chi connectivity index (χ3v) is 3.70. The van der Waals surface area contributed by atoms with Gasteiger partial charge in [0.25, 0.3) is 5.91 Å². The molecule has 0 radical (unpaired) electrons. The lowest BCUT2D eigenvalue weighted by atomic mass is 10.2. The molecule has 27 heavy (non-hydrogen) atoms. The molecule has 1 N–H and O–H groups in total. The minimum atomic E-state index is -0.608. The lowest BCUT2D eigenvalue weighted by molar-refractivity contribution is -0.142. The highest BCUT2D eigenvalue weighted by Crippen LogP contribution is 2.32. The van der Waals surface area contributed by atoms with Gasteiger partial charge < -0.3 is 24.3 Å². The second kappa shape index (κ2) is 8.75. The van der Waals surface area contributed by atoms with Crippen LogP contribution in [0.25, 0.3) is 6.08 Å². The average Bonchev–Trinajstić information content (AvgIpc) is 2.71. The highest BCUT2D eigenvalue weighted by molar-refractivity contribution is 5.94. The lowest BCUT2D eigenvalue weighted by Crippen LogP contribution is -2.20. The molecule has 140 valence electrons. The van der Waals surface area contributed by atoms with E-state index in [2.05, 4.69) is 5.32 Å². The molecule has 1 aliphatic rings. The van der Waals surface area contributed by atoms with Gasteiger partial charge in [-0.1, -0.05) is 12.1 Å². The second-order valence-corrected chi connectivity index (χ2v) is 5.62. The Balaban J connectivity index is 1.46. The van der Waals surface area contributed by atoms with Crippen molar-refractivity contribution in [2.45, 2.75) is 0 Å². The molecule has 1 amide bonds. The van der Waals surface area contributed by atoms with Crippen molar-refractivity contribution in [3.63, 3.8) is 0 Å². The third kappa shape index (κ3) is 5.24. The number of carbonyl (C=O) groups is 2. The monoisotopic (exact) mass is 369 g/mol. The molecule has 2 aromatic rings. The Morgan fingerprint density at radius 2 is 1.81 bits per heavy atom. The zero-order chi connectivity index (χ0) is 19.1. The fourth-order valence-electron chi connectivity index (χ4n) is 2.38. The first-order chi connectivity index (χ1) is 13.1. The summed E-state index contributed by atoms with van der Waals surface area (Å²) in [5.74, 6) is 0.874. The Morgan fingerprint density at radius 3 is 2.56 bits per heavy atom. The Morgan fingerprint density at radius 1 is 1.07 bits per heavy atom. The lowest BCUT2D eigenvalue weighted by Gasteiger charge is -2.18. The summed E-state index contributed by atoms with van der Waals surface area (Å²) < 4.78 is 20.9. The Bertz CT molecular complexity index is 844. The molecule has 3 rings (SSSR count). The molecule has 0 saturated heterocycles. The van der Waals surface area contributed by atoms with Gasteiger partial charge in [0.2, 0.25) is 0 Å². The topological polar surface area (TPSA) is 83.1 Å². The molecule has 0 atom stereocenters. The summed E-state index contributed by atoms with van der Waals surface area (Å²) in [7, 11) is 1.58. The number of benzene rings is 2. The van der Waals surface area contributed by atoms with Gasteiger partial charge in [0.1, 0.15) is 19.0 Å². The van der Waals surface area contributed by atoms with Crippen LogP contribution in [0.3, 0.4) is 0 Å². The van der Waals surface area contributed by atoms with Crippen molar-refractivity contribution < 1.29 is 28.5 Å². The van der Waals surface area contributed by atoms with Crippen LogP contribution in [-0.2, 0) is 14.3 Å². The number of amides is 1. The number of nitrogens with one attached hydrogen (secondary N) is 1. The van der Waals surface area contributed by atoms with Gasteiger partial charge in [-0.25, -0.2) is 4.79 Å². The smallest absolute Gasteiger partial charge is 0.331 e. The number of ether oxygens (including phenoxy) is 4. The fourth-order valence-corrected chi connectivity index (χ4v) is 2.38. The molecule has 0 aliphatic carbocycles.